The Labute approximate surface area is 106 Å². The molecule has 0 saturated carbocycles. The van der Waals surface area contributed by atoms with Crippen molar-refractivity contribution in [2.24, 2.45) is 5.92 Å². The first-order valence-electron chi connectivity index (χ1n) is 6.55. The molecule has 0 bridgehead atoms. The van der Waals surface area contributed by atoms with E-state index in [4.69, 9.17) is 0 Å². The summed E-state index contributed by atoms with van der Waals surface area (Å²) in [6.07, 6.45) is 2.18. The summed E-state index contributed by atoms with van der Waals surface area (Å²) in [6, 6.07) is 9.09. The second kappa shape index (κ2) is 4.36. The number of aliphatic hydroxyl groups is 1. The second-order valence-electron chi connectivity index (χ2n) is 5.37. The Kier molecular flexibility index (Phi) is 2.83. The highest BCUT2D eigenvalue weighted by atomic mass is 19.1. The Morgan fingerprint density at radius 1 is 1.22 bits per heavy atom. The van der Waals surface area contributed by atoms with Crippen LogP contribution in [0.4, 0.5) is 4.39 Å². The van der Waals surface area contributed by atoms with Gasteiger partial charge < -0.3 is 5.11 Å². The number of aliphatic hydroxyl groups excluding tert-OH is 1. The number of hydrogen-bond donors (Lipinski definition) is 1. The molecule has 0 amide bonds. The van der Waals surface area contributed by atoms with Crippen LogP contribution in [0.25, 0.3) is 10.8 Å². The minimum Gasteiger partial charge on any atom is -0.388 e. The van der Waals surface area contributed by atoms with Crippen LogP contribution in [0.1, 0.15) is 37.0 Å². The molecule has 0 spiro atoms. The molecule has 0 heterocycles. The molecule has 2 aromatic rings. The van der Waals surface area contributed by atoms with Gasteiger partial charge in [0.25, 0.3) is 0 Å². The normalized spacial score (nSPS) is 23.7. The molecule has 2 heteroatoms. The van der Waals surface area contributed by atoms with Gasteiger partial charge >= 0.3 is 0 Å². The SMILES string of the molecule is CC1CCc2c(cc(F)c3ccccc23)C(O)C1. The van der Waals surface area contributed by atoms with Gasteiger partial charge in [0, 0.05) is 5.39 Å². The summed E-state index contributed by atoms with van der Waals surface area (Å²) in [5.74, 6) is 0.257. The van der Waals surface area contributed by atoms with Crippen LogP contribution in [0.5, 0.6) is 0 Å². The van der Waals surface area contributed by atoms with Crippen LogP contribution in [-0.4, -0.2) is 5.11 Å². The lowest BCUT2D eigenvalue weighted by Gasteiger charge is -2.15. The summed E-state index contributed by atoms with van der Waals surface area (Å²) in [5, 5.41) is 11.9. The molecule has 1 nitrogen and oxygen atoms in total. The van der Waals surface area contributed by atoms with Gasteiger partial charge in [0.1, 0.15) is 5.82 Å². The molecule has 2 atom stereocenters. The average Bonchev–Trinajstić information content (AvgIpc) is 2.50. The average molecular weight is 244 g/mol. The molecule has 1 aliphatic carbocycles. The molecule has 0 radical (unpaired) electrons. The summed E-state index contributed by atoms with van der Waals surface area (Å²) < 4.78 is 14.1. The summed E-state index contributed by atoms with van der Waals surface area (Å²) in [4.78, 5) is 0. The number of fused-ring (bicyclic) bond motifs is 3. The van der Waals surface area contributed by atoms with Crippen molar-refractivity contribution >= 4 is 10.8 Å². The fourth-order valence-electron chi connectivity index (χ4n) is 3.00. The first kappa shape index (κ1) is 11.7. The third kappa shape index (κ3) is 1.81. The van der Waals surface area contributed by atoms with E-state index in [-0.39, 0.29) is 5.82 Å². The van der Waals surface area contributed by atoms with E-state index in [1.54, 1.807) is 0 Å². The zero-order chi connectivity index (χ0) is 12.7. The largest absolute Gasteiger partial charge is 0.388 e. The molecule has 18 heavy (non-hydrogen) atoms. The molecular weight excluding hydrogens is 227 g/mol. The summed E-state index contributed by atoms with van der Waals surface area (Å²) in [7, 11) is 0. The van der Waals surface area contributed by atoms with Gasteiger partial charge in [0.2, 0.25) is 0 Å². The van der Waals surface area contributed by atoms with Gasteiger partial charge in [0.05, 0.1) is 6.10 Å². The molecule has 1 N–H and O–H groups in total. The van der Waals surface area contributed by atoms with Gasteiger partial charge in [-0.25, -0.2) is 4.39 Å². The van der Waals surface area contributed by atoms with Gasteiger partial charge in [-0.2, -0.15) is 0 Å². The Balaban J connectivity index is 2.28. The third-order valence-corrected chi connectivity index (χ3v) is 4.01. The van der Waals surface area contributed by atoms with E-state index in [1.165, 1.54) is 6.07 Å². The number of halogens is 1. The predicted octanol–water partition coefficient (Wildman–Crippen LogP) is 3.98. The first-order chi connectivity index (χ1) is 8.66. The van der Waals surface area contributed by atoms with Crippen molar-refractivity contribution in [1.29, 1.82) is 0 Å². The van der Waals surface area contributed by atoms with E-state index in [1.807, 2.05) is 24.3 Å². The molecular formula is C16H17FO. The Bertz CT molecular complexity index is 591. The lowest BCUT2D eigenvalue weighted by atomic mass is 9.94. The van der Waals surface area contributed by atoms with E-state index >= 15 is 0 Å². The van der Waals surface area contributed by atoms with Crippen molar-refractivity contribution < 1.29 is 9.50 Å². The van der Waals surface area contributed by atoms with Crippen LogP contribution >= 0.6 is 0 Å². The summed E-state index contributed by atoms with van der Waals surface area (Å²) in [5.41, 5.74) is 1.92. The van der Waals surface area contributed by atoms with Crippen LogP contribution in [0, 0.1) is 11.7 Å². The number of rotatable bonds is 0. The first-order valence-corrected chi connectivity index (χ1v) is 6.55. The smallest absolute Gasteiger partial charge is 0.131 e. The molecule has 2 unspecified atom stereocenters. The van der Waals surface area contributed by atoms with Crippen LogP contribution in [0.3, 0.4) is 0 Å². The van der Waals surface area contributed by atoms with Gasteiger partial charge in [-0.15, -0.1) is 0 Å². The van der Waals surface area contributed by atoms with Crippen LogP contribution in [-0.2, 0) is 6.42 Å². The maximum Gasteiger partial charge on any atom is 0.131 e. The van der Waals surface area contributed by atoms with Crippen molar-refractivity contribution in [3.63, 3.8) is 0 Å². The Hall–Kier alpha value is -1.41. The van der Waals surface area contributed by atoms with Crippen LogP contribution in [0.15, 0.2) is 30.3 Å². The molecule has 2 aromatic carbocycles. The van der Waals surface area contributed by atoms with Gasteiger partial charge in [-0.05, 0) is 47.8 Å². The maximum atomic E-state index is 14.1. The predicted molar refractivity (Wildman–Crippen MR) is 71.0 cm³/mol. The van der Waals surface area contributed by atoms with Gasteiger partial charge in [-0.3, -0.25) is 0 Å². The van der Waals surface area contributed by atoms with Crippen LogP contribution < -0.4 is 0 Å². The molecule has 0 aliphatic heterocycles. The van der Waals surface area contributed by atoms with Crippen molar-refractivity contribution in [1.82, 2.24) is 0 Å². The van der Waals surface area contributed by atoms with Gasteiger partial charge in [-0.1, -0.05) is 31.2 Å². The minimum absolute atomic E-state index is 0.224. The quantitative estimate of drug-likeness (QED) is 0.695. The molecule has 1 aliphatic rings. The highest BCUT2D eigenvalue weighted by Crippen LogP contribution is 2.36. The highest BCUT2D eigenvalue weighted by molar-refractivity contribution is 5.87. The Morgan fingerprint density at radius 2 is 1.94 bits per heavy atom. The van der Waals surface area contributed by atoms with Crippen molar-refractivity contribution in [3.05, 3.63) is 47.3 Å². The molecule has 0 fully saturated rings. The molecule has 0 saturated heterocycles. The summed E-state index contributed by atoms with van der Waals surface area (Å²) in [6.45, 7) is 2.15. The molecule has 3 rings (SSSR count). The van der Waals surface area contributed by atoms with Gasteiger partial charge in [0.15, 0.2) is 0 Å². The van der Waals surface area contributed by atoms with Crippen LogP contribution in [0.2, 0.25) is 0 Å². The van der Waals surface area contributed by atoms with Crippen molar-refractivity contribution in [2.75, 3.05) is 0 Å². The molecule has 94 valence electrons. The monoisotopic (exact) mass is 244 g/mol. The Morgan fingerprint density at radius 3 is 2.72 bits per heavy atom. The third-order valence-electron chi connectivity index (χ3n) is 4.01. The highest BCUT2D eigenvalue weighted by Gasteiger charge is 2.23. The lowest BCUT2D eigenvalue weighted by molar-refractivity contribution is 0.149. The van der Waals surface area contributed by atoms with E-state index in [0.29, 0.717) is 11.3 Å². The number of aryl methyl sites for hydroxylation is 1. The second-order valence-corrected chi connectivity index (χ2v) is 5.37. The maximum absolute atomic E-state index is 14.1. The fourth-order valence-corrected chi connectivity index (χ4v) is 3.00. The summed E-state index contributed by atoms with van der Waals surface area (Å²) >= 11 is 0. The zero-order valence-electron chi connectivity index (χ0n) is 10.5. The van der Waals surface area contributed by atoms with E-state index in [0.717, 1.165) is 35.8 Å². The fraction of sp³-hybridized carbons (Fsp3) is 0.375. The van der Waals surface area contributed by atoms with E-state index in [9.17, 15) is 9.50 Å². The minimum atomic E-state index is -0.531. The lowest BCUT2D eigenvalue weighted by Crippen LogP contribution is -2.02. The van der Waals surface area contributed by atoms with E-state index < -0.39 is 6.10 Å². The van der Waals surface area contributed by atoms with E-state index in [2.05, 4.69) is 6.92 Å². The topological polar surface area (TPSA) is 20.2 Å². The standard InChI is InChI=1S/C16H17FO/c1-10-6-7-12-11-4-2-3-5-13(11)15(17)9-14(12)16(18)8-10/h2-5,9-10,16,18H,6-8H2,1H3. The molecule has 0 aromatic heterocycles. The van der Waals surface area contributed by atoms with Crippen molar-refractivity contribution in [3.8, 4) is 0 Å². The van der Waals surface area contributed by atoms with Crippen molar-refractivity contribution in [2.45, 2.75) is 32.3 Å². The zero-order valence-corrected chi connectivity index (χ0v) is 10.5. The number of hydrogen-bond acceptors (Lipinski definition) is 1. The number of benzene rings is 2.